The Morgan fingerprint density at radius 3 is 2.41 bits per heavy atom. The quantitative estimate of drug-likeness (QED) is 0.784. The van der Waals surface area contributed by atoms with Gasteiger partial charge in [-0.3, -0.25) is 4.79 Å². The maximum atomic E-state index is 12.5. The molecule has 1 aromatic rings. The van der Waals surface area contributed by atoms with E-state index in [0.717, 1.165) is 34.2 Å². The van der Waals surface area contributed by atoms with E-state index in [1.807, 2.05) is 24.8 Å². The maximum Gasteiger partial charge on any atom is 0.260 e. The molecular formula is C18H26BrNO2. The zero-order valence-electron chi connectivity index (χ0n) is 14.2. The Labute approximate surface area is 142 Å². The second-order valence-electron chi connectivity index (χ2n) is 6.47. The van der Waals surface area contributed by atoms with Crippen LogP contribution in [-0.4, -0.2) is 29.5 Å². The molecule has 0 aliphatic carbocycles. The minimum atomic E-state index is 0.0947. The summed E-state index contributed by atoms with van der Waals surface area (Å²) in [5, 5.41) is 0. The third-order valence-electron chi connectivity index (χ3n) is 4.79. The number of ether oxygens (including phenoxy) is 1. The summed E-state index contributed by atoms with van der Waals surface area (Å²) in [4.78, 5) is 14.5. The van der Waals surface area contributed by atoms with E-state index in [4.69, 9.17) is 4.74 Å². The summed E-state index contributed by atoms with van der Waals surface area (Å²) in [6.07, 6.45) is 3.38. The number of benzene rings is 1. The molecule has 2 rings (SSSR count). The van der Waals surface area contributed by atoms with E-state index in [0.29, 0.717) is 12.1 Å². The van der Waals surface area contributed by atoms with Gasteiger partial charge in [-0.25, -0.2) is 0 Å². The Balaban J connectivity index is 2.08. The average molecular weight is 368 g/mol. The first-order valence-electron chi connectivity index (χ1n) is 8.03. The van der Waals surface area contributed by atoms with Crippen LogP contribution in [0.2, 0.25) is 0 Å². The van der Waals surface area contributed by atoms with E-state index >= 15 is 0 Å². The third kappa shape index (κ3) is 3.48. The fourth-order valence-electron chi connectivity index (χ4n) is 3.29. The molecule has 0 spiro atoms. The fourth-order valence-corrected chi connectivity index (χ4v) is 3.70. The smallest absolute Gasteiger partial charge is 0.260 e. The van der Waals surface area contributed by atoms with Crippen molar-refractivity contribution in [1.29, 1.82) is 0 Å². The third-order valence-corrected chi connectivity index (χ3v) is 6.01. The summed E-state index contributed by atoms with van der Waals surface area (Å²) < 4.78 is 6.97. The molecule has 0 N–H and O–H groups in total. The zero-order chi connectivity index (χ0) is 16.4. The van der Waals surface area contributed by atoms with Gasteiger partial charge in [0.15, 0.2) is 6.61 Å². The summed E-state index contributed by atoms with van der Waals surface area (Å²) >= 11 is 3.59. The molecule has 1 aromatic carbocycles. The highest BCUT2D eigenvalue weighted by Gasteiger charge is 2.29. The van der Waals surface area contributed by atoms with Gasteiger partial charge in [-0.05, 0) is 76.6 Å². The van der Waals surface area contributed by atoms with Gasteiger partial charge in [-0.1, -0.05) is 15.9 Å². The van der Waals surface area contributed by atoms with E-state index in [1.54, 1.807) is 0 Å². The van der Waals surface area contributed by atoms with E-state index in [9.17, 15) is 4.79 Å². The molecule has 1 saturated heterocycles. The molecule has 1 amide bonds. The molecule has 0 saturated carbocycles. The van der Waals surface area contributed by atoms with E-state index in [-0.39, 0.29) is 12.5 Å². The summed E-state index contributed by atoms with van der Waals surface area (Å²) in [6.45, 7) is 10.5. The van der Waals surface area contributed by atoms with Crippen molar-refractivity contribution in [2.75, 3.05) is 6.61 Å². The lowest BCUT2D eigenvalue weighted by atomic mass is 9.97. The molecule has 1 fully saturated rings. The van der Waals surface area contributed by atoms with E-state index in [1.165, 1.54) is 12.0 Å². The Morgan fingerprint density at radius 2 is 1.82 bits per heavy atom. The van der Waals surface area contributed by atoms with Crippen molar-refractivity contribution < 1.29 is 9.53 Å². The molecule has 3 nitrogen and oxygen atoms in total. The topological polar surface area (TPSA) is 29.5 Å². The molecule has 2 atom stereocenters. The van der Waals surface area contributed by atoms with Crippen molar-refractivity contribution >= 4 is 21.8 Å². The van der Waals surface area contributed by atoms with Gasteiger partial charge >= 0.3 is 0 Å². The van der Waals surface area contributed by atoms with Crippen LogP contribution < -0.4 is 4.74 Å². The predicted octanol–water partition coefficient (Wildman–Crippen LogP) is 4.54. The molecule has 1 aliphatic heterocycles. The standard InChI is InChI=1S/C18H26BrNO2/c1-11-9-16(14(4)15(5)18(11)19)22-10-17(21)20-12(2)7-6-8-13(20)3/h9,12-13H,6-8,10H2,1-5H3/t12-,13-/m1/s1. The first-order chi connectivity index (χ1) is 10.3. The number of halogens is 1. The number of carbonyl (C=O) groups excluding carboxylic acids is 1. The van der Waals surface area contributed by atoms with Crippen molar-refractivity contribution in [3.8, 4) is 5.75 Å². The van der Waals surface area contributed by atoms with Crippen LogP contribution in [0.1, 0.15) is 49.8 Å². The molecular weight excluding hydrogens is 342 g/mol. The number of carbonyl (C=O) groups is 1. The molecule has 122 valence electrons. The van der Waals surface area contributed by atoms with Crippen LogP contribution in [0.3, 0.4) is 0 Å². The van der Waals surface area contributed by atoms with Crippen molar-refractivity contribution in [2.24, 2.45) is 0 Å². The lowest BCUT2D eigenvalue weighted by molar-refractivity contribution is -0.139. The molecule has 1 heterocycles. The van der Waals surface area contributed by atoms with Crippen molar-refractivity contribution in [3.05, 3.63) is 27.2 Å². The number of aryl methyl sites for hydroxylation is 1. The van der Waals surface area contributed by atoms with Gasteiger partial charge in [0.05, 0.1) is 0 Å². The number of rotatable bonds is 3. The van der Waals surface area contributed by atoms with Crippen LogP contribution in [0, 0.1) is 20.8 Å². The Bertz CT molecular complexity index is 561. The van der Waals surface area contributed by atoms with E-state index < -0.39 is 0 Å². The summed E-state index contributed by atoms with van der Waals surface area (Å²) in [6, 6.07) is 2.63. The first-order valence-corrected chi connectivity index (χ1v) is 8.82. The average Bonchev–Trinajstić information content (AvgIpc) is 2.47. The summed E-state index contributed by atoms with van der Waals surface area (Å²) in [7, 11) is 0. The van der Waals surface area contributed by atoms with Crippen LogP contribution in [0.4, 0.5) is 0 Å². The van der Waals surface area contributed by atoms with Crippen molar-refractivity contribution in [2.45, 2.75) is 66.0 Å². The largest absolute Gasteiger partial charge is 0.483 e. The molecule has 22 heavy (non-hydrogen) atoms. The molecule has 0 unspecified atom stereocenters. The maximum absolute atomic E-state index is 12.5. The number of nitrogens with zero attached hydrogens (tertiary/aromatic N) is 1. The zero-order valence-corrected chi connectivity index (χ0v) is 15.8. The number of amides is 1. The second-order valence-corrected chi connectivity index (χ2v) is 7.27. The lowest BCUT2D eigenvalue weighted by Crippen LogP contribution is -2.49. The van der Waals surface area contributed by atoms with Crippen LogP contribution >= 0.6 is 15.9 Å². The van der Waals surface area contributed by atoms with Gasteiger partial charge in [-0.15, -0.1) is 0 Å². The van der Waals surface area contributed by atoms with Crippen molar-refractivity contribution in [3.63, 3.8) is 0 Å². The minimum Gasteiger partial charge on any atom is -0.483 e. The van der Waals surface area contributed by atoms with Gasteiger partial charge in [0, 0.05) is 16.6 Å². The number of hydrogen-bond donors (Lipinski definition) is 0. The van der Waals surface area contributed by atoms with E-state index in [2.05, 4.69) is 36.7 Å². The highest BCUT2D eigenvalue weighted by molar-refractivity contribution is 9.10. The Hall–Kier alpha value is -1.03. The molecule has 0 aromatic heterocycles. The molecule has 0 radical (unpaired) electrons. The van der Waals surface area contributed by atoms with Gasteiger partial charge in [0.1, 0.15) is 5.75 Å². The number of hydrogen-bond acceptors (Lipinski definition) is 2. The Kier molecular flexibility index (Phi) is 5.54. The normalized spacial score (nSPS) is 21.8. The monoisotopic (exact) mass is 367 g/mol. The molecule has 1 aliphatic rings. The van der Waals surface area contributed by atoms with Crippen molar-refractivity contribution in [1.82, 2.24) is 4.90 Å². The highest BCUT2D eigenvalue weighted by Crippen LogP contribution is 2.31. The van der Waals surface area contributed by atoms with Crippen LogP contribution in [0.25, 0.3) is 0 Å². The van der Waals surface area contributed by atoms with Crippen LogP contribution in [0.5, 0.6) is 5.75 Å². The second kappa shape index (κ2) is 7.03. The minimum absolute atomic E-state index is 0.0947. The Morgan fingerprint density at radius 1 is 1.23 bits per heavy atom. The van der Waals surface area contributed by atoms with Gasteiger partial charge in [0.2, 0.25) is 0 Å². The number of likely N-dealkylation sites (tertiary alicyclic amines) is 1. The number of piperidine rings is 1. The van der Waals surface area contributed by atoms with Gasteiger partial charge in [0.25, 0.3) is 5.91 Å². The van der Waals surface area contributed by atoms with Gasteiger partial charge < -0.3 is 9.64 Å². The SMILES string of the molecule is Cc1cc(OCC(=O)N2[C@H](C)CCC[C@H]2C)c(C)c(C)c1Br. The lowest BCUT2D eigenvalue weighted by Gasteiger charge is -2.39. The van der Waals surface area contributed by atoms with Gasteiger partial charge in [-0.2, -0.15) is 0 Å². The van der Waals surface area contributed by atoms with Crippen LogP contribution in [0.15, 0.2) is 10.5 Å². The fraction of sp³-hybridized carbons (Fsp3) is 0.611. The van der Waals surface area contributed by atoms with Crippen LogP contribution in [-0.2, 0) is 4.79 Å². The molecule has 4 heteroatoms. The summed E-state index contributed by atoms with van der Waals surface area (Å²) in [5.74, 6) is 0.904. The predicted molar refractivity (Wildman–Crippen MR) is 93.5 cm³/mol. The first kappa shape index (κ1) is 17.3. The highest BCUT2D eigenvalue weighted by atomic mass is 79.9. The summed E-state index contributed by atoms with van der Waals surface area (Å²) in [5.41, 5.74) is 3.39. The molecule has 0 bridgehead atoms.